The lowest BCUT2D eigenvalue weighted by Gasteiger charge is -2.00. The minimum atomic E-state index is 0.662. The fraction of sp³-hybridized carbons (Fsp3) is 0.333. The molecule has 4 heteroatoms. The largest absolute Gasteiger partial charge is 0.263 e. The second kappa shape index (κ2) is 5.85. The van der Waals surface area contributed by atoms with Crippen LogP contribution in [0.1, 0.15) is 12.0 Å². The second-order valence-corrected chi connectivity index (χ2v) is 3.89. The third kappa shape index (κ3) is 3.25. The van der Waals surface area contributed by atoms with Crippen LogP contribution in [0.4, 0.5) is 0 Å². The Balaban J connectivity index is 2.60. The highest BCUT2D eigenvalue weighted by molar-refractivity contribution is 7.99. The predicted molar refractivity (Wildman–Crippen MR) is 55.0 cm³/mol. The van der Waals surface area contributed by atoms with E-state index in [2.05, 4.69) is 11.1 Å². The molecular weight excluding hydrogens is 204 g/mol. The molecule has 1 rings (SSSR count). The van der Waals surface area contributed by atoms with Crippen molar-refractivity contribution in [3.05, 3.63) is 24.0 Å². The molecule has 0 saturated heterocycles. The summed E-state index contributed by atoms with van der Waals surface area (Å²) in [6.45, 7) is 0. The van der Waals surface area contributed by atoms with E-state index in [1.807, 2.05) is 0 Å². The number of nitrogens with zero attached hydrogens (tertiary/aromatic N) is 2. The van der Waals surface area contributed by atoms with E-state index in [1.165, 1.54) is 0 Å². The van der Waals surface area contributed by atoms with Crippen molar-refractivity contribution in [1.29, 1.82) is 5.26 Å². The van der Waals surface area contributed by atoms with Crippen LogP contribution in [-0.2, 0) is 0 Å². The predicted octanol–water partition coefficient (Wildman–Crippen LogP) is 2.67. The molecule has 1 aromatic rings. The number of rotatable bonds is 4. The highest BCUT2D eigenvalue weighted by Crippen LogP contribution is 2.21. The molecule has 0 spiro atoms. The molecule has 0 atom stereocenters. The highest BCUT2D eigenvalue weighted by Gasteiger charge is 2.00. The van der Waals surface area contributed by atoms with Crippen molar-refractivity contribution in [3.8, 4) is 6.07 Å². The minimum Gasteiger partial charge on any atom is -0.263 e. The number of nitriles is 1. The second-order valence-electron chi connectivity index (χ2n) is 2.37. The minimum absolute atomic E-state index is 0.662. The van der Waals surface area contributed by atoms with Gasteiger partial charge in [0.15, 0.2) is 0 Å². The van der Waals surface area contributed by atoms with Gasteiger partial charge in [-0.1, -0.05) is 0 Å². The summed E-state index contributed by atoms with van der Waals surface area (Å²) < 4.78 is 0. The summed E-state index contributed by atoms with van der Waals surface area (Å²) in [7, 11) is 0. The molecule has 13 heavy (non-hydrogen) atoms. The number of aromatic nitrogens is 1. The fourth-order valence-corrected chi connectivity index (χ4v) is 2.03. The molecule has 0 aliphatic rings. The van der Waals surface area contributed by atoms with Crippen LogP contribution in [0.3, 0.4) is 0 Å². The van der Waals surface area contributed by atoms with Gasteiger partial charge in [0.2, 0.25) is 0 Å². The number of pyridine rings is 1. The molecule has 2 nitrogen and oxygen atoms in total. The Hall–Kier alpha value is -0.720. The molecule has 0 fully saturated rings. The van der Waals surface area contributed by atoms with Gasteiger partial charge < -0.3 is 0 Å². The van der Waals surface area contributed by atoms with E-state index < -0.39 is 0 Å². The fourth-order valence-electron chi connectivity index (χ4n) is 0.824. The Morgan fingerprint density at radius 3 is 3.15 bits per heavy atom. The molecule has 0 aliphatic carbocycles. The third-order valence-corrected chi connectivity index (χ3v) is 2.84. The third-order valence-electron chi connectivity index (χ3n) is 1.44. The van der Waals surface area contributed by atoms with E-state index in [-0.39, 0.29) is 0 Å². The van der Waals surface area contributed by atoms with Crippen molar-refractivity contribution in [3.63, 3.8) is 0 Å². The van der Waals surface area contributed by atoms with Gasteiger partial charge in [-0.25, -0.2) is 0 Å². The molecule has 1 aromatic heterocycles. The highest BCUT2D eigenvalue weighted by atomic mass is 35.5. The quantitative estimate of drug-likeness (QED) is 0.438. The van der Waals surface area contributed by atoms with Gasteiger partial charge in [0.25, 0.3) is 0 Å². The van der Waals surface area contributed by atoms with E-state index in [4.69, 9.17) is 16.9 Å². The maximum Gasteiger partial charge on any atom is 0.100 e. The molecule has 0 N–H and O–H groups in total. The van der Waals surface area contributed by atoms with Gasteiger partial charge in [0.1, 0.15) is 6.07 Å². The first-order valence-electron chi connectivity index (χ1n) is 3.91. The van der Waals surface area contributed by atoms with Gasteiger partial charge in [-0.05, 0) is 18.2 Å². The standard InChI is InChI=1S/C9H9ClN2S/c10-3-1-5-13-9-7-12-4-2-8(9)6-11/h2,4,7H,1,3,5H2. The number of halogens is 1. The number of alkyl halides is 1. The zero-order valence-corrected chi connectivity index (χ0v) is 8.61. The first-order chi connectivity index (χ1) is 6.38. The zero-order valence-electron chi connectivity index (χ0n) is 7.03. The maximum absolute atomic E-state index is 8.76. The summed E-state index contributed by atoms with van der Waals surface area (Å²) in [5.74, 6) is 1.60. The molecule has 0 radical (unpaired) electrons. The van der Waals surface area contributed by atoms with Crippen LogP contribution in [-0.4, -0.2) is 16.6 Å². The average molecular weight is 213 g/mol. The van der Waals surface area contributed by atoms with Gasteiger partial charge >= 0.3 is 0 Å². The van der Waals surface area contributed by atoms with Crippen molar-refractivity contribution in [1.82, 2.24) is 4.98 Å². The van der Waals surface area contributed by atoms with Crippen LogP contribution >= 0.6 is 23.4 Å². The van der Waals surface area contributed by atoms with E-state index in [1.54, 1.807) is 30.2 Å². The van der Waals surface area contributed by atoms with Crippen molar-refractivity contribution >= 4 is 23.4 Å². The van der Waals surface area contributed by atoms with Gasteiger partial charge in [-0.2, -0.15) is 5.26 Å². The van der Waals surface area contributed by atoms with Crippen molar-refractivity contribution in [2.24, 2.45) is 0 Å². The lowest BCUT2D eigenvalue weighted by atomic mass is 10.3. The summed E-state index contributed by atoms with van der Waals surface area (Å²) in [4.78, 5) is 4.91. The average Bonchev–Trinajstić information content (AvgIpc) is 2.19. The van der Waals surface area contributed by atoms with Crippen molar-refractivity contribution in [2.45, 2.75) is 11.3 Å². The molecule has 0 unspecified atom stereocenters. The Labute approximate surface area is 86.9 Å². The normalized spacial score (nSPS) is 9.54. The summed E-state index contributed by atoms with van der Waals surface area (Å²) in [6.07, 6.45) is 4.30. The number of hydrogen-bond acceptors (Lipinski definition) is 3. The molecular formula is C9H9ClN2S. The van der Waals surface area contributed by atoms with Gasteiger partial charge in [0, 0.05) is 23.2 Å². The first kappa shape index (κ1) is 10.4. The van der Waals surface area contributed by atoms with Gasteiger partial charge in [-0.15, -0.1) is 23.4 Å². The molecule has 0 bridgehead atoms. The monoisotopic (exact) mass is 212 g/mol. The van der Waals surface area contributed by atoms with Crippen LogP contribution in [0, 0.1) is 11.3 Å². The molecule has 1 heterocycles. The van der Waals surface area contributed by atoms with Gasteiger partial charge in [-0.3, -0.25) is 4.98 Å². The Bertz CT molecular complexity index is 309. The summed E-state index contributed by atoms with van der Waals surface area (Å²) in [5, 5.41) is 8.76. The molecule has 68 valence electrons. The molecule has 0 amide bonds. The summed E-state index contributed by atoms with van der Waals surface area (Å²) in [5.41, 5.74) is 0.689. The molecule has 0 aromatic carbocycles. The van der Waals surface area contributed by atoms with E-state index in [0.29, 0.717) is 11.4 Å². The number of hydrogen-bond donors (Lipinski definition) is 0. The first-order valence-corrected chi connectivity index (χ1v) is 5.43. The number of thioether (sulfide) groups is 1. The van der Waals surface area contributed by atoms with Gasteiger partial charge in [0.05, 0.1) is 5.56 Å². The van der Waals surface area contributed by atoms with Crippen LogP contribution in [0.25, 0.3) is 0 Å². The van der Waals surface area contributed by atoms with Crippen LogP contribution in [0.5, 0.6) is 0 Å². The SMILES string of the molecule is N#Cc1ccncc1SCCCCl. The van der Waals surface area contributed by atoms with E-state index in [9.17, 15) is 0 Å². The smallest absolute Gasteiger partial charge is 0.100 e. The lowest BCUT2D eigenvalue weighted by Crippen LogP contribution is -1.86. The molecule has 0 aliphatic heterocycles. The van der Waals surface area contributed by atoms with Crippen molar-refractivity contribution in [2.75, 3.05) is 11.6 Å². The van der Waals surface area contributed by atoms with Crippen LogP contribution < -0.4 is 0 Å². The summed E-state index contributed by atoms with van der Waals surface area (Å²) in [6, 6.07) is 3.85. The Morgan fingerprint density at radius 2 is 2.46 bits per heavy atom. The topological polar surface area (TPSA) is 36.7 Å². The van der Waals surface area contributed by atoms with E-state index in [0.717, 1.165) is 17.1 Å². The lowest BCUT2D eigenvalue weighted by molar-refractivity contribution is 1.11. The van der Waals surface area contributed by atoms with Crippen molar-refractivity contribution < 1.29 is 0 Å². The maximum atomic E-state index is 8.76. The van der Waals surface area contributed by atoms with Crippen LogP contribution in [0.2, 0.25) is 0 Å². The van der Waals surface area contributed by atoms with Crippen LogP contribution in [0.15, 0.2) is 23.4 Å². The summed E-state index contributed by atoms with van der Waals surface area (Å²) >= 11 is 7.17. The van der Waals surface area contributed by atoms with E-state index >= 15 is 0 Å². The Kier molecular flexibility index (Phi) is 4.66. The molecule has 0 saturated carbocycles. The Morgan fingerprint density at radius 1 is 1.62 bits per heavy atom. The zero-order chi connectivity index (χ0) is 9.52.